The Kier molecular flexibility index (Phi) is 5.34. The summed E-state index contributed by atoms with van der Waals surface area (Å²) in [6, 6.07) is 0. The van der Waals surface area contributed by atoms with Gasteiger partial charge in [0.05, 0.1) is 6.61 Å². The molecule has 23 heavy (non-hydrogen) atoms. The first-order valence-electron chi connectivity index (χ1n) is 7.95. The molecule has 8 nitrogen and oxygen atoms in total. The number of aliphatic hydroxyl groups is 4. The van der Waals surface area contributed by atoms with Gasteiger partial charge in [0.15, 0.2) is 6.23 Å². The Labute approximate surface area is 136 Å². The summed E-state index contributed by atoms with van der Waals surface area (Å²) >= 11 is 0. The van der Waals surface area contributed by atoms with Gasteiger partial charge in [-0.3, -0.25) is 5.43 Å². The molecule has 0 aliphatic carbocycles. The average molecular weight is 331 g/mol. The summed E-state index contributed by atoms with van der Waals surface area (Å²) in [6.07, 6.45) is -4.55. The summed E-state index contributed by atoms with van der Waals surface area (Å²) in [5.74, 6) is 0. The second-order valence-corrected chi connectivity index (χ2v) is 7.80. The molecule has 2 heterocycles. The number of hydrazone groups is 1. The van der Waals surface area contributed by atoms with Gasteiger partial charge in [0.25, 0.3) is 0 Å². The first-order chi connectivity index (χ1) is 10.5. The van der Waals surface area contributed by atoms with Crippen molar-refractivity contribution in [3.63, 3.8) is 0 Å². The summed E-state index contributed by atoms with van der Waals surface area (Å²) in [4.78, 5) is 0. The van der Waals surface area contributed by atoms with Crippen LogP contribution in [0, 0.1) is 0 Å². The Hall–Kier alpha value is -0.770. The van der Waals surface area contributed by atoms with Gasteiger partial charge in [0.2, 0.25) is 0 Å². The molecule has 0 radical (unpaired) electrons. The van der Waals surface area contributed by atoms with Crippen LogP contribution < -0.4 is 10.7 Å². The van der Waals surface area contributed by atoms with Crippen LogP contribution in [0.3, 0.4) is 0 Å². The van der Waals surface area contributed by atoms with Crippen molar-refractivity contribution < 1.29 is 25.2 Å². The van der Waals surface area contributed by atoms with Crippen molar-refractivity contribution in [3.05, 3.63) is 0 Å². The third kappa shape index (κ3) is 4.40. The van der Waals surface area contributed by atoms with Gasteiger partial charge in [-0.2, -0.15) is 5.10 Å². The number of aliphatic hydroxyl groups excluding tert-OH is 4. The molecule has 134 valence electrons. The topological polar surface area (TPSA) is 127 Å². The summed E-state index contributed by atoms with van der Waals surface area (Å²) in [7, 11) is 0. The second-order valence-electron chi connectivity index (χ2n) is 7.80. The molecular formula is C15H29N3O5. The lowest BCUT2D eigenvalue weighted by Gasteiger charge is -2.43. The van der Waals surface area contributed by atoms with E-state index in [1.807, 2.05) is 0 Å². The lowest BCUT2D eigenvalue weighted by Crippen LogP contribution is -2.62. The van der Waals surface area contributed by atoms with Crippen molar-refractivity contribution >= 4 is 5.71 Å². The highest BCUT2D eigenvalue weighted by atomic mass is 16.6. The maximum Gasteiger partial charge on any atom is 0.171 e. The molecule has 0 spiro atoms. The molecule has 0 aromatic heterocycles. The molecule has 2 aliphatic rings. The van der Waals surface area contributed by atoms with Crippen LogP contribution in [-0.2, 0) is 4.74 Å². The summed E-state index contributed by atoms with van der Waals surface area (Å²) in [5, 5.41) is 46.6. The maximum atomic E-state index is 10.00. The fraction of sp³-hybridized carbons (Fsp3) is 0.933. The molecule has 2 fully saturated rings. The largest absolute Gasteiger partial charge is 0.394 e. The van der Waals surface area contributed by atoms with Crippen molar-refractivity contribution in [2.24, 2.45) is 5.10 Å². The van der Waals surface area contributed by atoms with E-state index in [0.717, 1.165) is 18.6 Å². The van der Waals surface area contributed by atoms with E-state index in [2.05, 4.69) is 43.5 Å². The average Bonchev–Trinajstić information content (AvgIpc) is 2.41. The molecule has 8 heteroatoms. The van der Waals surface area contributed by atoms with Gasteiger partial charge in [0.1, 0.15) is 24.4 Å². The normalized spacial score (nSPS) is 39.8. The quantitative estimate of drug-likeness (QED) is 0.354. The fourth-order valence-electron chi connectivity index (χ4n) is 3.53. The van der Waals surface area contributed by atoms with Crippen LogP contribution in [0.1, 0.15) is 40.5 Å². The van der Waals surface area contributed by atoms with Crippen LogP contribution in [-0.4, -0.2) is 74.5 Å². The molecule has 0 aromatic carbocycles. The molecule has 6 N–H and O–H groups in total. The third-order valence-corrected chi connectivity index (χ3v) is 4.21. The van der Waals surface area contributed by atoms with Gasteiger partial charge in [-0.1, -0.05) is 0 Å². The highest BCUT2D eigenvalue weighted by molar-refractivity contribution is 5.87. The van der Waals surface area contributed by atoms with E-state index >= 15 is 0 Å². The third-order valence-electron chi connectivity index (χ3n) is 4.21. The molecular weight excluding hydrogens is 302 g/mol. The van der Waals surface area contributed by atoms with Gasteiger partial charge in [0, 0.05) is 29.6 Å². The number of piperidine rings is 1. The highest BCUT2D eigenvalue weighted by Crippen LogP contribution is 2.26. The predicted molar refractivity (Wildman–Crippen MR) is 84.9 cm³/mol. The van der Waals surface area contributed by atoms with Gasteiger partial charge in [-0.15, -0.1) is 0 Å². The van der Waals surface area contributed by atoms with Crippen LogP contribution in [0.25, 0.3) is 0 Å². The molecule has 2 aliphatic heterocycles. The lowest BCUT2D eigenvalue weighted by molar-refractivity contribution is -0.236. The lowest BCUT2D eigenvalue weighted by atomic mass is 9.81. The highest BCUT2D eigenvalue weighted by Gasteiger charge is 2.43. The number of ether oxygens (including phenoxy) is 1. The molecule has 2 rings (SSSR count). The number of rotatable bonds is 3. The fourth-order valence-corrected chi connectivity index (χ4v) is 3.53. The van der Waals surface area contributed by atoms with E-state index in [4.69, 9.17) is 4.74 Å². The molecule has 2 saturated heterocycles. The number of nitrogens with zero attached hydrogens (tertiary/aromatic N) is 1. The van der Waals surface area contributed by atoms with E-state index in [1.54, 1.807) is 0 Å². The minimum Gasteiger partial charge on any atom is -0.394 e. The molecule has 0 amide bonds. The molecule has 0 aromatic rings. The Balaban J connectivity index is 2.06. The Morgan fingerprint density at radius 2 is 1.65 bits per heavy atom. The van der Waals surface area contributed by atoms with Gasteiger partial charge in [-0.05, 0) is 27.7 Å². The van der Waals surface area contributed by atoms with Crippen molar-refractivity contribution in [2.45, 2.75) is 82.3 Å². The van der Waals surface area contributed by atoms with E-state index in [0.29, 0.717) is 0 Å². The van der Waals surface area contributed by atoms with Crippen molar-refractivity contribution in [1.82, 2.24) is 10.7 Å². The zero-order valence-electron chi connectivity index (χ0n) is 14.2. The predicted octanol–water partition coefficient (Wildman–Crippen LogP) is -1.33. The van der Waals surface area contributed by atoms with E-state index in [1.165, 1.54) is 0 Å². The van der Waals surface area contributed by atoms with Gasteiger partial charge in [-0.25, -0.2) is 0 Å². The maximum absolute atomic E-state index is 10.00. The molecule has 5 unspecified atom stereocenters. The van der Waals surface area contributed by atoms with Crippen molar-refractivity contribution in [3.8, 4) is 0 Å². The van der Waals surface area contributed by atoms with Crippen molar-refractivity contribution in [1.29, 1.82) is 0 Å². The van der Waals surface area contributed by atoms with Crippen LogP contribution in [0.4, 0.5) is 0 Å². The Morgan fingerprint density at radius 1 is 1.09 bits per heavy atom. The van der Waals surface area contributed by atoms with Gasteiger partial charge < -0.3 is 30.5 Å². The van der Waals surface area contributed by atoms with Crippen molar-refractivity contribution in [2.75, 3.05) is 6.61 Å². The number of hydrogen-bond donors (Lipinski definition) is 6. The minimum atomic E-state index is -1.40. The number of nitrogens with one attached hydrogen (secondary N) is 2. The van der Waals surface area contributed by atoms with Crippen LogP contribution in [0.5, 0.6) is 0 Å². The summed E-state index contributed by atoms with van der Waals surface area (Å²) in [5.41, 5.74) is 3.47. The molecule has 0 saturated carbocycles. The minimum absolute atomic E-state index is 0.0996. The summed E-state index contributed by atoms with van der Waals surface area (Å²) in [6.45, 7) is 7.92. The first-order valence-corrected chi connectivity index (χ1v) is 7.95. The molecule has 5 atom stereocenters. The standard InChI is InChI=1S/C15H29N3O5/c1-14(2)5-8(6-15(3,4)18-14)16-17-13-12(22)11(21)10(20)9(7-19)23-13/h9-13,17-22H,5-7H2,1-4H3. The summed E-state index contributed by atoms with van der Waals surface area (Å²) < 4.78 is 5.38. The number of hydrogen-bond acceptors (Lipinski definition) is 8. The Morgan fingerprint density at radius 3 is 2.17 bits per heavy atom. The zero-order chi connectivity index (χ0) is 17.4. The van der Waals surface area contributed by atoms with Crippen LogP contribution in [0.15, 0.2) is 5.10 Å². The molecule has 0 bridgehead atoms. The van der Waals surface area contributed by atoms with E-state index < -0.39 is 37.3 Å². The van der Waals surface area contributed by atoms with E-state index in [-0.39, 0.29) is 11.1 Å². The zero-order valence-corrected chi connectivity index (χ0v) is 14.2. The monoisotopic (exact) mass is 331 g/mol. The van der Waals surface area contributed by atoms with Gasteiger partial charge >= 0.3 is 0 Å². The smallest absolute Gasteiger partial charge is 0.171 e. The van der Waals surface area contributed by atoms with Crippen LogP contribution in [0.2, 0.25) is 0 Å². The SMILES string of the molecule is CC1(C)CC(=NNC2OC(CO)C(O)C(O)C2O)CC(C)(C)N1. The first kappa shape index (κ1) is 18.6. The Bertz CT molecular complexity index is 434. The van der Waals surface area contributed by atoms with E-state index in [9.17, 15) is 20.4 Å². The second kappa shape index (κ2) is 6.62. The van der Waals surface area contributed by atoms with Crippen LogP contribution >= 0.6 is 0 Å².